The minimum absolute atomic E-state index is 0.0975. The highest BCUT2D eigenvalue weighted by Crippen LogP contribution is 2.36. The molecule has 0 bridgehead atoms. The fraction of sp³-hybridized carbons (Fsp3) is 0.833. The molecule has 2 aliphatic carbocycles. The Kier molecular flexibility index (Phi) is 2.81. The number of nitrogens with one attached hydrogen (secondary N) is 1. The third-order valence-corrected chi connectivity index (χ3v) is 3.88. The smallest absolute Gasteiger partial charge is 0.226 e. The van der Waals surface area contributed by atoms with Gasteiger partial charge in [-0.25, -0.2) is 0 Å². The van der Waals surface area contributed by atoms with Crippen molar-refractivity contribution in [1.82, 2.24) is 5.32 Å². The Hall–Kier alpha value is -0.860. The van der Waals surface area contributed by atoms with Crippen LogP contribution in [-0.2, 0) is 9.59 Å². The van der Waals surface area contributed by atoms with Crippen LogP contribution >= 0.6 is 0 Å². The van der Waals surface area contributed by atoms with E-state index in [4.69, 9.17) is 0 Å². The quantitative estimate of drug-likeness (QED) is 0.753. The number of hydrogen-bond acceptors (Lipinski definition) is 2. The van der Waals surface area contributed by atoms with E-state index in [9.17, 15) is 9.59 Å². The number of carbonyl (C=O) groups excluding carboxylic acids is 2. The van der Waals surface area contributed by atoms with Crippen molar-refractivity contribution < 1.29 is 9.59 Å². The maximum Gasteiger partial charge on any atom is 0.226 e. The number of hydrogen-bond donors (Lipinski definition) is 1. The molecule has 2 saturated carbocycles. The molecule has 0 saturated heterocycles. The molecule has 3 heteroatoms. The topological polar surface area (TPSA) is 46.2 Å². The summed E-state index contributed by atoms with van der Waals surface area (Å²) in [6.45, 7) is 2.03. The maximum absolute atomic E-state index is 12.0. The molecule has 0 heterocycles. The second-order valence-electron chi connectivity index (χ2n) is 5.15. The number of amides is 1. The second kappa shape index (κ2) is 3.95. The van der Waals surface area contributed by atoms with Gasteiger partial charge in [-0.3, -0.25) is 9.59 Å². The van der Waals surface area contributed by atoms with Crippen LogP contribution in [0.5, 0.6) is 0 Å². The van der Waals surface area contributed by atoms with Crippen molar-refractivity contribution in [2.45, 2.75) is 57.9 Å². The Morgan fingerprint density at radius 1 is 1.33 bits per heavy atom. The van der Waals surface area contributed by atoms with Gasteiger partial charge in [0, 0.05) is 11.8 Å². The summed E-state index contributed by atoms with van der Waals surface area (Å²) in [5.41, 5.74) is -0.214. The third kappa shape index (κ3) is 2.06. The summed E-state index contributed by atoms with van der Waals surface area (Å²) in [6.07, 6.45) is 6.94. The van der Waals surface area contributed by atoms with E-state index in [-0.39, 0.29) is 23.1 Å². The van der Waals surface area contributed by atoms with Crippen molar-refractivity contribution >= 4 is 11.7 Å². The van der Waals surface area contributed by atoms with Crippen LogP contribution in [0.4, 0.5) is 0 Å². The molecule has 2 aliphatic rings. The summed E-state index contributed by atoms with van der Waals surface area (Å²) in [5.74, 6) is 0.294. The molecule has 1 amide bonds. The van der Waals surface area contributed by atoms with E-state index < -0.39 is 0 Å². The van der Waals surface area contributed by atoms with E-state index in [0.717, 1.165) is 32.1 Å². The van der Waals surface area contributed by atoms with Crippen molar-refractivity contribution in [2.24, 2.45) is 5.41 Å². The summed E-state index contributed by atoms with van der Waals surface area (Å²) < 4.78 is 0. The molecule has 15 heavy (non-hydrogen) atoms. The SMILES string of the molecule is CC1(C(=O)N[C@@H]2CCC2=O)CCCCC1. The first kappa shape index (κ1) is 10.7. The van der Waals surface area contributed by atoms with Crippen LogP contribution in [-0.4, -0.2) is 17.7 Å². The lowest BCUT2D eigenvalue weighted by Crippen LogP contribution is -2.52. The number of rotatable bonds is 2. The standard InChI is InChI=1S/C12H19NO2/c1-12(7-3-2-4-8-12)11(15)13-9-5-6-10(9)14/h9H,2-8H2,1H3,(H,13,15)/t9-/m1/s1. The van der Waals surface area contributed by atoms with Gasteiger partial charge < -0.3 is 5.32 Å². The zero-order chi connectivity index (χ0) is 10.9. The largest absolute Gasteiger partial charge is 0.346 e. The Balaban J connectivity index is 1.91. The zero-order valence-corrected chi connectivity index (χ0v) is 9.34. The molecule has 0 unspecified atom stereocenters. The fourth-order valence-electron chi connectivity index (χ4n) is 2.45. The molecule has 0 aliphatic heterocycles. The molecule has 1 atom stereocenters. The third-order valence-electron chi connectivity index (χ3n) is 3.88. The number of carbonyl (C=O) groups is 2. The normalized spacial score (nSPS) is 29.4. The molecule has 2 fully saturated rings. The highest BCUT2D eigenvalue weighted by Gasteiger charge is 2.38. The highest BCUT2D eigenvalue weighted by atomic mass is 16.2. The van der Waals surface area contributed by atoms with Crippen molar-refractivity contribution in [1.29, 1.82) is 0 Å². The maximum atomic E-state index is 12.0. The van der Waals surface area contributed by atoms with Crippen LogP contribution in [0, 0.1) is 5.41 Å². The van der Waals surface area contributed by atoms with Gasteiger partial charge in [-0.1, -0.05) is 26.2 Å². The minimum atomic E-state index is -0.214. The van der Waals surface area contributed by atoms with Crippen molar-refractivity contribution in [2.75, 3.05) is 0 Å². The van der Waals surface area contributed by atoms with E-state index >= 15 is 0 Å². The predicted molar refractivity (Wildman–Crippen MR) is 57.4 cm³/mol. The number of ketones is 1. The van der Waals surface area contributed by atoms with E-state index in [1.54, 1.807) is 0 Å². The Labute approximate surface area is 90.6 Å². The lowest BCUT2D eigenvalue weighted by Gasteiger charge is -2.35. The Morgan fingerprint density at radius 2 is 2.00 bits per heavy atom. The van der Waals surface area contributed by atoms with Gasteiger partial charge in [0.2, 0.25) is 5.91 Å². The molecule has 0 aromatic rings. The Bertz CT molecular complexity index is 279. The lowest BCUT2D eigenvalue weighted by molar-refractivity contribution is -0.138. The van der Waals surface area contributed by atoms with Gasteiger partial charge >= 0.3 is 0 Å². The summed E-state index contributed by atoms with van der Waals surface area (Å²) in [4.78, 5) is 23.1. The van der Waals surface area contributed by atoms with Crippen LogP contribution in [0.1, 0.15) is 51.9 Å². The summed E-state index contributed by atoms with van der Waals surface area (Å²) in [5, 5.41) is 2.89. The van der Waals surface area contributed by atoms with E-state index in [1.807, 2.05) is 6.92 Å². The highest BCUT2D eigenvalue weighted by molar-refractivity contribution is 5.94. The second-order valence-corrected chi connectivity index (χ2v) is 5.15. The van der Waals surface area contributed by atoms with Gasteiger partial charge in [0.25, 0.3) is 0 Å². The van der Waals surface area contributed by atoms with Gasteiger partial charge in [-0.15, -0.1) is 0 Å². The van der Waals surface area contributed by atoms with E-state index in [0.29, 0.717) is 6.42 Å². The van der Waals surface area contributed by atoms with Crippen LogP contribution in [0.15, 0.2) is 0 Å². The summed E-state index contributed by atoms with van der Waals surface area (Å²) in [7, 11) is 0. The van der Waals surface area contributed by atoms with E-state index in [1.165, 1.54) is 6.42 Å². The zero-order valence-electron chi connectivity index (χ0n) is 9.34. The first-order valence-corrected chi connectivity index (χ1v) is 5.95. The van der Waals surface area contributed by atoms with Crippen LogP contribution in [0.25, 0.3) is 0 Å². The average Bonchev–Trinajstić information content (AvgIpc) is 2.24. The molecular weight excluding hydrogens is 190 g/mol. The first-order chi connectivity index (χ1) is 7.12. The molecular formula is C12H19NO2. The molecule has 0 radical (unpaired) electrons. The van der Waals surface area contributed by atoms with Crippen molar-refractivity contribution in [3.05, 3.63) is 0 Å². The molecule has 0 spiro atoms. The van der Waals surface area contributed by atoms with Gasteiger partial charge in [0.15, 0.2) is 5.78 Å². The van der Waals surface area contributed by atoms with Gasteiger partial charge in [-0.05, 0) is 19.3 Å². The number of Topliss-reactive ketones (excluding diaryl/α,β-unsaturated/α-hetero) is 1. The molecule has 1 N–H and O–H groups in total. The van der Waals surface area contributed by atoms with Crippen LogP contribution < -0.4 is 5.32 Å². The van der Waals surface area contributed by atoms with Gasteiger partial charge in [0.05, 0.1) is 6.04 Å². The molecule has 84 valence electrons. The summed E-state index contributed by atoms with van der Waals surface area (Å²) in [6, 6.07) is -0.170. The van der Waals surface area contributed by atoms with Crippen molar-refractivity contribution in [3.8, 4) is 0 Å². The monoisotopic (exact) mass is 209 g/mol. The molecule has 3 nitrogen and oxygen atoms in total. The summed E-state index contributed by atoms with van der Waals surface area (Å²) >= 11 is 0. The Morgan fingerprint density at radius 3 is 2.47 bits per heavy atom. The molecule has 0 aromatic carbocycles. The van der Waals surface area contributed by atoms with Crippen LogP contribution in [0.3, 0.4) is 0 Å². The van der Waals surface area contributed by atoms with Crippen LogP contribution in [0.2, 0.25) is 0 Å². The first-order valence-electron chi connectivity index (χ1n) is 5.95. The van der Waals surface area contributed by atoms with Crippen molar-refractivity contribution in [3.63, 3.8) is 0 Å². The van der Waals surface area contributed by atoms with Gasteiger partial charge in [0.1, 0.15) is 0 Å². The fourth-order valence-corrected chi connectivity index (χ4v) is 2.45. The predicted octanol–water partition coefficient (Wildman–Crippen LogP) is 1.80. The molecule has 0 aromatic heterocycles. The average molecular weight is 209 g/mol. The van der Waals surface area contributed by atoms with Gasteiger partial charge in [-0.2, -0.15) is 0 Å². The minimum Gasteiger partial charge on any atom is -0.346 e. The van der Waals surface area contributed by atoms with E-state index in [2.05, 4.69) is 5.32 Å². The lowest BCUT2D eigenvalue weighted by atomic mass is 9.74. The molecule has 2 rings (SSSR count).